The maximum Gasteiger partial charge on any atom is 0.306 e. The molecule has 0 saturated carbocycles. The molecular weight excluding hydrogens is 879 g/mol. The molecule has 16 nitrogen and oxygen atoms in total. The number of aromatic nitrogens is 3. The molecular formula is C50H93N5O11S. The predicted octanol–water partition coefficient (Wildman–Crippen LogP) is 8.09. The molecule has 67 heavy (non-hydrogen) atoms. The quantitative estimate of drug-likeness (QED) is 0.0241. The average molecular weight is 972 g/mol. The summed E-state index contributed by atoms with van der Waals surface area (Å²) in [5, 5.41) is 62.6. The number of esters is 2. The van der Waals surface area contributed by atoms with Gasteiger partial charge in [0, 0.05) is 30.8 Å². The molecule has 390 valence electrons. The summed E-state index contributed by atoms with van der Waals surface area (Å²) in [5.41, 5.74) is 0. The normalized spacial score (nSPS) is 14.2. The molecule has 7 N–H and O–H groups in total. The van der Waals surface area contributed by atoms with Crippen LogP contribution >= 0.6 is 11.8 Å². The number of hydrogen-bond acceptors (Lipinski definition) is 14. The van der Waals surface area contributed by atoms with E-state index in [0.717, 1.165) is 68.9 Å². The van der Waals surface area contributed by atoms with Crippen molar-refractivity contribution in [1.82, 2.24) is 20.3 Å². The Kier molecular flexibility index (Phi) is 39.1. The van der Waals surface area contributed by atoms with Crippen LogP contribution in [0.2, 0.25) is 0 Å². The van der Waals surface area contributed by atoms with Crippen LogP contribution in [0.15, 0.2) is 6.20 Å². The summed E-state index contributed by atoms with van der Waals surface area (Å²) in [5.74, 6) is -1.29. The molecule has 0 bridgehead atoms. The zero-order valence-electron chi connectivity index (χ0n) is 41.7. The number of carbonyl (C=O) groups excluding carboxylic acids is 4. The topological polar surface area (TPSA) is 243 Å². The van der Waals surface area contributed by atoms with E-state index in [1.807, 2.05) is 0 Å². The third-order valence-electron chi connectivity index (χ3n) is 11.9. The van der Waals surface area contributed by atoms with Crippen LogP contribution in [-0.2, 0) is 35.2 Å². The van der Waals surface area contributed by atoms with Gasteiger partial charge in [-0.3, -0.25) is 19.2 Å². The van der Waals surface area contributed by atoms with Crippen molar-refractivity contribution in [2.75, 3.05) is 30.0 Å². The van der Waals surface area contributed by atoms with Crippen LogP contribution in [0.3, 0.4) is 0 Å². The summed E-state index contributed by atoms with van der Waals surface area (Å²) >= 11 is 1.28. The summed E-state index contributed by atoms with van der Waals surface area (Å²) in [7, 11) is 0. The number of aliphatic hydroxyl groups excluding tert-OH is 5. The summed E-state index contributed by atoms with van der Waals surface area (Å²) in [6, 6.07) is -1.03. The Morgan fingerprint density at radius 3 is 1.55 bits per heavy atom. The number of unbranched alkanes of at least 4 members (excludes halogenated alkanes) is 24. The van der Waals surface area contributed by atoms with Crippen molar-refractivity contribution in [3.8, 4) is 0 Å². The smallest absolute Gasteiger partial charge is 0.306 e. The highest BCUT2D eigenvalue weighted by Crippen LogP contribution is 2.17. The van der Waals surface area contributed by atoms with Crippen LogP contribution < -0.4 is 10.6 Å². The Labute approximate surface area is 407 Å². The van der Waals surface area contributed by atoms with Crippen molar-refractivity contribution in [1.29, 1.82) is 0 Å². The molecule has 6 atom stereocenters. The summed E-state index contributed by atoms with van der Waals surface area (Å²) < 4.78 is 12.6. The molecule has 1 aromatic rings. The lowest BCUT2D eigenvalue weighted by molar-refractivity contribution is -0.157. The van der Waals surface area contributed by atoms with Crippen LogP contribution in [0.4, 0.5) is 5.82 Å². The van der Waals surface area contributed by atoms with Gasteiger partial charge < -0.3 is 45.6 Å². The van der Waals surface area contributed by atoms with E-state index in [0.29, 0.717) is 12.8 Å². The van der Waals surface area contributed by atoms with Crippen molar-refractivity contribution in [2.45, 2.75) is 257 Å². The Morgan fingerprint density at radius 1 is 0.612 bits per heavy atom. The van der Waals surface area contributed by atoms with Crippen molar-refractivity contribution in [2.24, 2.45) is 0 Å². The molecule has 0 saturated heterocycles. The molecule has 1 heterocycles. The molecule has 2 amide bonds. The molecule has 0 aromatic carbocycles. The van der Waals surface area contributed by atoms with E-state index in [-0.39, 0.29) is 67.6 Å². The number of aliphatic hydroxyl groups is 5. The number of nitrogens with zero attached hydrogens (tertiary/aromatic N) is 3. The van der Waals surface area contributed by atoms with Gasteiger partial charge in [-0.25, -0.2) is 4.68 Å². The van der Waals surface area contributed by atoms with Crippen LogP contribution in [0.1, 0.15) is 213 Å². The standard InChI is InChI=1S/C50H93N5O11S/c1-4-7-10-13-16-19-22-25-28-31-45(59)51-41(50(64)52-44-35-55(54-53-44)34-42(57)48(62)49(63)43(58)36-56)39-67-38-40(66-47(61)33-30-27-24-21-18-15-12-9-6-3)37-65-46(60)32-29-26-23-20-17-14-11-8-5-2/h35,40-43,48-49,56-58,62-63H,4-34,36-39H2,1-3H3,(H,51,59)(H,52,64)/t40-,41-,42+,43-,48+,49-/m1/s1. The fourth-order valence-electron chi connectivity index (χ4n) is 7.66. The fourth-order valence-corrected chi connectivity index (χ4v) is 8.70. The first-order valence-corrected chi connectivity index (χ1v) is 27.4. The number of ether oxygens (including phenoxy) is 2. The first kappa shape index (κ1) is 62.2. The molecule has 0 aliphatic carbocycles. The first-order chi connectivity index (χ1) is 32.4. The molecule has 17 heteroatoms. The largest absolute Gasteiger partial charge is 0.462 e. The van der Waals surface area contributed by atoms with E-state index >= 15 is 0 Å². The van der Waals surface area contributed by atoms with Crippen LogP contribution in [0.25, 0.3) is 0 Å². The zero-order valence-corrected chi connectivity index (χ0v) is 42.5. The number of amides is 2. The number of anilines is 1. The molecule has 0 aliphatic heterocycles. The van der Waals surface area contributed by atoms with Gasteiger partial charge in [-0.05, 0) is 19.3 Å². The van der Waals surface area contributed by atoms with Gasteiger partial charge in [0.05, 0.1) is 19.3 Å². The van der Waals surface area contributed by atoms with Crippen molar-refractivity contribution in [3.63, 3.8) is 0 Å². The monoisotopic (exact) mass is 972 g/mol. The lowest BCUT2D eigenvalue weighted by Crippen LogP contribution is -2.47. The van der Waals surface area contributed by atoms with E-state index < -0.39 is 49.1 Å². The summed E-state index contributed by atoms with van der Waals surface area (Å²) in [4.78, 5) is 52.8. The third kappa shape index (κ3) is 33.4. The SMILES string of the molecule is CCCCCCCCCCCC(=O)N[C@H](CSC[C@@H](COC(=O)CCCCCCCCCCC)OC(=O)CCCCCCCCCCC)C(=O)Nc1cn(C[C@H](O)[C@H](O)[C@H](O)[C@H](O)CO)nn1. The number of hydrogen-bond donors (Lipinski definition) is 7. The maximum atomic E-state index is 13.7. The van der Waals surface area contributed by atoms with Crippen molar-refractivity contribution < 1.29 is 54.2 Å². The van der Waals surface area contributed by atoms with E-state index in [9.17, 15) is 39.6 Å². The maximum absolute atomic E-state index is 13.7. The van der Waals surface area contributed by atoms with Gasteiger partial charge in [-0.2, -0.15) is 11.8 Å². The highest BCUT2D eigenvalue weighted by Gasteiger charge is 2.31. The predicted molar refractivity (Wildman–Crippen MR) is 265 cm³/mol. The molecule has 0 aliphatic rings. The molecule has 1 aromatic heterocycles. The highest BCUT2D eigenvalue weighted by molar-refractivity contribution is 7.99. The number of nitrogens with one attached hydrogen (secondary N) is 2. The van der Waals surface area contributed by atoms with Crippen LogP contribution in [0, 0.1) is 0 Å². The Balaban J connectivity index is 2.94. The average Bonchev–Trinajstić information content (AvgIpc) is 3.76. The number of carbonyl (C=O) groups is 4. The van der Waals surface area contributed by atoms with E-state index in [1.165, 1.54) is 114 Å². The Hall–Kier alpha value is -2.83. The van der Waals surface area contributed by atoms with Gasteiger partial charge in [-0.15, -0.1) is 5.10 Å². The molecule has 0 fully saturated rings. The molecule has 0 unspecified atom stereocenters. The summed E-state index contributed by atoms with van der Waals surface area (Å²) in [6.07, 6.45) is 24.4. The molecule has 0 radical (unpaired) electrons. The van der Waals surface area contributed by atoms with Crippen molar-refractivity contribution >= 4 is 41.3 Å². The first-order valence-electron chi connectivity index (χ1n) is 26.2. The second-order valence-corrected chi connectivity index (χ2v) is 19.4. The number of thioether (sulfide) groups is 1. The minimum atomic E-state index is -1.82. The van der Waals surface area contributed by atoms with E-state index in [4.69, 9.17) is 14.6 Å². The second kappa shape index (κ2) is 42.1. The third-order valence-corrected chi connectivity index (χ3v) is 13.1. The van der Waals surface area contributed by atoms with Gasteiger partial charge in [0.1, 0.15) is 43.2 Å². The second-order valence-electron chi connectivity index (χ2n) is 18.3. The minimum Gasteiger partial charge on any atom is -0.462 e. The highest BCUT2D eigenvalue weighted by atomic mass is 32.2. The van der Waals surface area contributed by atoms with Gasteiger partial charge in [0.15, 0.2) is 5.82 Å². The van der Waals surface area contributed by atoms with Gasteiger partial charge in [0.2, 0.25) is 11.8 Å². The van der Waals surface area contributed by atoms with Gasteiger partial charge in [0.25, 0.3) is 0 Å². The summed E-state index contributed by atoms with van der Waals surface area (Å²) in [6.45, 7) is 5.31. The van der Waals surface area contributed by atoms with E-state index in [2.05, 4.69) is 41.7 Å². The van der Waals surface area contributed by atoms with Crippen LogP contribution in [0.5, 0.6) is 0 Å². The lowest BCUT2D eigenvalue weighted by Gasteiger charge is -2.25. The lowest BCUT2D eigenvalue weighted by atomic mass is 10.0. The number of rotatable bonds is 46. The zero-order chi connectivity index (χ0) is 49.3. The fraction of sp³-hybridized carbons (Fsp3) is 0.880. The minimum absolute atomic E-state index is 0.00648. The van der Waals surface area contributed by atoms with Gasteiger partial charge in [-0.1, -0.05) is 180 Å². The molecule has 1 rings (SSSR count). The Bertz CT molecular complexity index is 1390. The van der Waals surface area contributed by atoms with Crippen LogP contribution in [-0.4, -0.2) is 126 Å². The van der Waals surface area contributed by atoms with Crippen molar-refractivity contribution in [3.05, 3.63) is 6.20 Å². The van der Waals surface area contributed by atoms with E-state index in [1.54, 1.807) is 0 Å². The Morgan fingerprint density at radius 2 is 1.06 bits per heavy atom. The molecule has 0 spiro atoms. The van der Waals surface area contributed by atoms with Gasteiger partial charge >= 0.3 is 11.9 Å².